The molecule has 0 aliphatic carbocycles. The lowest BCUT2D eigenvalue weighted by Crippen LogP contribution is -2.06. The number of rotatable bonds is 7. The maximum absolute atomic E-state index is 10.6. The van der Waals surface area contributed by atoms with Gasteiger partial charge in [0.2, 0.25) is 0 Å². The average molecular weight is 236 g/mol. The van der Waals surface area contributed by atoms with Gasteiger partial charge in [0.05, 0.1) is 11.8 Å². The quantitative estimate of drug-likeness (QED) is 0.449. The van der Waals surface area contributed by atoms with Crippen LogP contribution >= 0.6 is 0 Å². The number of carbonyl (C=O) groups is 1. The van der Waals surface area contributed by atoms with Crippen LogP contribution in [0.15, 0.2) is 42.2 Å². The standard InChI is InChI=1S/C13H16O4/c1-2-11(13(14)15)10-16-8-9-17-12-6-4-3-5-7-12/h3-7,10H,2,8-9H2,1H3,(H,14,15). The molecule has 0 aliphatic heterocycles. The van der Waals surface area contributed by atoms with Crippen LogP contribution in [-0.2, 0) is 9.53 Å². The molecule has 1 rings (SSSR count). The molecule has 0 fully saturated rings. The largest absolute Gasteiger partial charge is 0.497 e. The van der Waals surface area contributed by atoms with Gasteiger partial charge in [-0.15, -0.1) is 0 Å². The molecule has 92 valence electrons. The van der Waals surface area contributed by atoms with E-state index in [1.807, 2.05) is 30.3 Å². The van der Waals surface area contributed by atoms with Gasteiger partial charge in [-0.1, -0.05) is 25.1 Å². The van der Waals surface area contributed by atoms with Gasteiger partial charge in [-0.25, -0.2) is 4.79 Å². The predicted molar refractivity (Wildman–Crippen MR) is 63.9 cm³/mol. The first-order valence-electron chi connectivity index (χ1n) is 5.45. The lowest BCUT2D eigenvalue weighted by molar-refractivity contribution is -0.132. The minimum absolute atomic E-state index is 0.254. The van der Waals surface area contributed by atoms with Gasteiger partial charge < -0.3 is 14.6 Å². The van der Waals surface area contributed by atoms with E-state index in [2.05, 4.69) is 0 Å². The van der Waals surface area contributed by atoms with Crippen molar-refractivity contribution in [3.8, 4) is 5.75 Å². The van der Waals surface area contributed by atoms with Crippen molar-refractivity contribution < 1.29 is 19.4 Å². The highest BCUT2D eigenvalue weighted by Gasteiger charge is 2.03. The van der Waals surface area contributed by atoms with E-state index >= 15 is 0 Å². The maximum atomic E-state index is 10.6. The molecule has 0 saturated heterocycles. The summed E-state index contributed by atoms with van der Waals surface area (Å²) in [6.07, 6.45) is 1.71. The third-order valence-corrected chi connectivity index (χ3v) is 2.09. The number of carboxylic acid groups (broad SMARTS) is 1. The number of hydrogen-bond acceptors (Lipinski definition) is 3. The van der Waals surface area contributed by atoms with Gasteiger partial charge in [0.15, 0.2) is 0 Å². The summed E-state index contributed by atoms with van der Waals surface area (Å²) in [5.74, 6) is -0.175. The predicted octanol–water partition coefficient (Wildman–Crippen LogP) is 2.46. The molecular weight excluding hydrogens is 220 g/mol. The van der Waals surface area contributed by atoms with Crippen molar-refractivity contribution >= 4 is 5.97 Å². The first kappa shape index (κ1) is 13.1. The molecule has 4 heteroatoms. The molecule has 0 atom stereocenters. The second-order valence-electron chi connectivity index (χ2n) is 3.33. The van der Waals surface area contributed by atoms with Crippen LogP contribution in [0.25, 0.3) is 0 Å². The van der Waals surface area contributed by atoms with Gasteiger partial charge in [0, 0.05) is 0 Å². The highest BCUT2D eigenvalue weighted by atomic mass is 16.5. The van der Waals surface area contributed by atoms with Gasteiger partial charge in [-0.3, -0.25) is 0 Å². The maximum Gasteiger partial charge on any atom is 0.334 e. The number of aliphatic carboxylic acids is 1. The molecule has 1 aromatic carbocycles. The molecule has 0 saturated carbocycles. The monoisotopic (exact) mass is 236 g/mol. The van der Waals surface area contributed by atoms with Crippen LogP contribution in [-0.4, -0.2) is 24.3 Å². The van der Waals surface area contributed by atoms with Crippen LogP contribution < -0.4 is 4.74 Å². The molecule has 0 amide bonds. The third-order valence-electron chi connectivity index (χ3n) is 2.09. The lowest BCUT2D eigenvalue weighted by atomic mass is 10.2. The van der Waals surface area contributed by atoms with Crippen molar-refractivity contribution in [2.45, 2.75) is 13.3 Å². The fraction of sp³-hybridized carbons (Fsp3) is 0.308. The number of ether oxygens (including phenoxy) is 2. The van der Waals surface area contributed by atoms with Crippen LogP contribution in [0.3, 0.4) is 0 Å². The molecular formula is C13H16O4. The summed E-state index contributed by atoms with van der Waals surface area (Å²) >= 11 is 0. The number of carboxylic acids is 1. The zero-order chi connectivity index (χ0) is 12.5. The molecule has 0 spiro atoms. The van der Waals surface area contributed by atoms with E-state index in [9.17, 15) is 4.79 Å². The summed E-state index contributed by atoms with van der Waals surface area (Å²) < 4.78 is 10.5. The van der Waals surface area contributed by atoms with Gasteiger partial charge in [0.25, 0.3) is 0 Å². The SMILES string of the molecule is CCC(=COCCOc1ccccc1)C(=O)O. The van der Waals surface area contributed by atoms with E-state index in [1.54, 1.807) is 6.92 Å². The average Bonchev–Trinajstić information content (AvgIpc) is 2.34. The Bertz CT molecular complexity index is 370. The van der Waals surface area contributed by atoms with Gasteiger partial charge in [-0.05, 0) is 18.6 Å². The molecule has 0 radical (unpaired) electrons. The molecule has 1 aromatic rings. The van der Waals surface area contributed by atoms with Crippen molar-refractivity contribution in [3.05, 3.63) is 42.2 Å². The molecule has 0 heterocycles. The van der Waals surface area contributed by atoms with E-state index in [0.29, 0.717) is 19.6 Å². The van der Waals surface area contributed by atoms with Crippen LogP contribution in [0.1, 0.15) is 13.3 Å². The minimum atomic E-state index is -0.948. The summed E-state index contributed by atoms with van der Waals surface area (Å²) in [5.41, 5.74) is 0.254. The van der Waals surface area contributed by atoms with Crippen LogP contribution in [0.5, 0.6) is 5.75 Å². The molecule has 1 N–H and O–H groups in total. The van der Waals surface area contributed by atoms with Crippen LogP contribution in [0.2, 0.25) is 0 Å². The Morgan fingerprint density at radius 2 is 2.00 bits per heavy atom. The third kappa shape index (κ3) is 5.06. The van der Waals surface area contributed by atoms with E-state index in [0.717, 1.165) is 5.75 Å². The Labute approximate surface area is 100 Å². The molecule has 0 aliphatic rings. The zero-order valence-electron chi connectivity index (χ0n) is 9.76. The van der Waals surface area contributed by atoms with Crippen molar-refractivity contribution in [1.29, 1.82) is 0 Å². The first-order chi connectivity index (χ1) is 8.24. The summed E-state index contributed by atoms with van der Waals surface area (Å²) in [4.78, 5) is 10.6. The van der Waals surface area contributed by atoms with Gasteiger partial charge >= 0.3 is 5.97 Å². The summed E-state index contributed by atoms with van der Waals surface area (Å²) in [6, 6.07) is 9.38. The summed E-state index contributed by atoms with van der Waals surface area (Å²) in [5, 5.41) is 8.73. The Balaban J connectivity index is 2.23. The normalized spacial score (nSPS) is 11.0. The van der Waals surface area contributed by atoms with E-state index in [1.165, 1.54) is 6.26 Å². The molecule has 0 aromatic heterocycles. The fourth-order valence-corrected chi connectivity index (χ4v) is 1.17. The molecule has 0 unspecified atom stereocenters. The highest BCUT2D eigenvalue weighted by molar-refractivity contribution is 5.86. The first-order valence-corrected chi connectivity index (χ1v) is 5.45. The Morgan fingerprint density at radius 1 is 1.29 bits per heavy atom. The molecule has 4 nitrogen and oxygen atoms in total. The van der Waals surface area contributed by atoms with Crippen molar-refractivity contribution in [2.75, 3.05) is 13.2 Å². The number of hydrogen-bond donors (Lipinski definition) is 1. The smallest absolute Gasteiger partial charge is 0.334 e. The van der Waals surface area contributed by atoms with E-state index in [4.69, 9.17) is 14.6 Å². The number of para-hydroxylation sites is 1. The molecule has 17 heavy (non-hydrogen) atoms. The van der Waals surface area contributed by atoms with Gasteiger partial charge in [0.1, 0.15) is 19.0 Å². The highest BCUT2D eigenvalue weighted by Crippen LogP contribution is 2.07. The fourth-order valence-electron chi connectivity index (χ4n) is 1.17. The van der Waals surface area contributed by atoms with Crippen molar-refractivity contribution in [2.24, 2.45) is 0 Å². The van der Waals surface area contributed by atoms with E-state index in [-0.39, 0.29) is 5.57 Å². The van der Waals surface area contributed by atoms with E-state index < -0.39 is 5.97 Å². The second kappa shape index (κ2) is 7.33. The number of benzene rings is 1. The minimum Gasteiger partial charge on any atom is -0.497 e. The summed E-state index contributed by atoms with van der Waals surface area (Å²) in [6.45, 7) is 2.48. The summed E-state index contributed by atoms with van der Waals surface area (Å²) in [7, 11) is 0. The van der Waals surface area contributed by atoms with Crippen LogP contribution in [0, 0.1) is 0 Å². The van der Waals surface area contributed by atoms with Crippen molar-refractivity contribution in [3.63, 3.8) is 0 Å². The Morgan fingerprint density at radius 3 is 2.59 bits per heavy atom. The second-order valence-corrected chi connectivity index (χ2v) is 3.33. The van der Waals surface area contributed by atoms with Gasteiger partial charge in [-0.2, -0.15) is 0 Å². The lowest BCUT2D eigenvalue weighted by Gasteiger charge is -2.06. The zero-order valence-corrected chi connectivity index (χ0v) is 9.76. The molecule has 0 bridgehead atoms. The Hall–Kier alpha value is -1.97. The van der Waals surface area contributed by atoms with Crippen LogP contribution in [0.4, 0.5) is 0 Å². The van der Waals surface area contributed by atoms with Crippen molar-refractivity contribution in [1.82, 2.24) is 0 Å². The Kier molecular flexibility index (Phi) is 5.64. The topological polar surface area (TPSA) is 55.8 Å².